The van der Waals surface area contributed by atoms with Crippen LogP contribution in [0.15, 0.2) is 11.8 Å². The number of fused-ring (bicyclic) bond motifs is 5. The highest BCUT2D eigenvalue weighted by molar-refractivity contribution is 5.87. The lowest BCUT2D eigenvalue weighted by molar-refractivity contribution is -0.174. The Balaban J connectivity index is 1.65. The zero-order valence-corrected chi connectivity index (χ0v) is 18.0. The Morgan fingerprint density at radius 1 is 1.25 bits per heavy atom. The van der Waals surface area contributed by atoms with Gasteiger partial charge in [-0.2, -0.15) is 0 Å². The van der Waals surface area contributed by atoms with E-state index in [9.17, 15) is 9.90 Å². The maximum absolute atomic E-state index is 12.6. The Hall–Kier alpha value is -0.910. The highest BCUT2D eigenvalue weighted by Crippen LogP contribution is 2.67. The molecule has 0 radical (unpaired) electrons. The molecule has 4 N–H and O–H groups in total. The van der Waals surface area contributed by atoms with Crippen LogP contribution in [0.1, 0.15) is 66.2 Å². The first-order chi connectivity index (χ1) is 13.2. The number of ketones is 1. The van der Waals surface area contributed by atoms with Gasteiger partial charge in [0, 0.05) is 35.4 Å². The van der Waals surface area contributed by atoms with Gasteiger partial charge in [0.15, 0.2) is 0 Å². The summed E-state index contributed by atoms with van der Waals surface area (Å²) in [6, 6.07) is 0. The van der Waals surface area contributed by atoms with Crippen LogP contribution in [0.4, 0.5) is 0 Å². The van der Waals surface area contributed by atoms with Gasteiger partial charge >= 0.3 is 0 Å². The summed E-state index contributed by atoms with van der Waals surface area (Å²) >= 11 is 0. The predicted octanol–water partition coefficient (Wildman–Crippen LogP) is 3.18. The van der Waals surface area contributed by atoms with Gasteiger partial charge < -0.3 is 10.8 Å². The lowest BCUT2D eigenvalue weighted by Gasteiger charge is -2.63. The average Bonchev–Trinajstić information content (AvgIpc) is 2.92. The van der Waals surface area contributed by atoms with E-state index in [4.69, 9.17) is 10.6 Å². The smallest absolute Gasteiger partial charge is 0.139 e. The fourth-order valence-corrected chi connectivity index (χ4v) is 7.99. The summed E-state index contributed by atoms with van der Waals surface area (Å²) in [5.41, 5.74) is 9.46. The molecule has 4 rings (SSSR count). The van der Waals surface area contributed by atoms with Crippen molar-refractivity contribution in [3.63, 3.8) is 0 Å². The number of hydrogen-bond donors (Lipinski definition) is 3. The van der Waals surface area contributed by atoms with E-state index < -0.39 is 0 Å². The molecule has 0 aromatic heterocycles. The first-order valence-electron chi connectivity index (χ1n) is 11.2. The topological polar surface area (TPSA) is 84.6 Å². The van der Waals surface area contributed by atoms with Crippen molar-refractivity contribution in [3.8, 4) is 0 Å². The quantitative estimate of drug-likeness (QED) is 0.507. The van der Waals surface area contributed by atoms with Crippen LogP contribution in [0.3, 0.4) is 0 Å². The normalized spacial score (nSPS) is 47.0. The van der Waals surface area contributed by atoms with Crippen LogP contribution in [0.5, 0.6) is 0 Å². The van der Waals surface area contributed by atoms with E-state index in [1.54, 1.807) is 0 Å². The molecule has 158 valence electrons. The minimum atomic E-state index is -0.348. The van der Waals surface area contributed by atoms with Crippen molar-refractivity contribution in [3.05, 3.63) is 11.8 Å². The zero-order chi connectivity index (χ0) is 20.3. The highest BCUT2D eigenvalue weighted by Gasteiger charge is 2.64. The monoisotopic (exact) mass is 390 g/mol. The minimum Gasteiger partial charge on any atom is -0.393 e. The second-order valence-electron chi connectivity index (χ2n) is 10.9. The number of nitrogens with two attached hydrogens (primary N) is 1. The van der Waals surface area contributed by atoms with Crippen LogP contribution in [-0.2, 0) is 9.63 Å². The van der Waals surface area contributed by atoms with E-state index in [-0.39, 0.29) is 28.3 Å². The van der Waals surface area contributed by atoms with Gasteiger partial charge in [0.1, 0.15) is 5.78 Å². The molecule has 7 atom stereocenters. The highest BCUT2D eigenvalue weighted by atomic mass is 16.6. The summed E-state index contributed by atoms with van der Waals surface area (Å²) in [6.07, 6.45) is 7.60. The van der Waals surface area contributed by atoms with Crippen molar-refractivity contribution in [1.82, 2.24) is 5.48 Å². The van der Waals surface area contributed by atoms with Gasteiger partial charge in [-0.3, -0.25) is 15.1 Å². The molecule has 4 aliphatic carbocycles. The van der Waals surface area contributed by atoms with Crippen LogP contribution < -0.4 is 11.2 Å². The Morgan fingerprint density at radius 2 is 2.00 bits per heavy atom. The van der Waals surface area contributed by atoms with E-state index >= 15 is 0 Å². The zero-order valence-electron chi connectivity index (χ0n) is 18.0. The number of Topliss-reactive ketones (excluding diaryl/α,β-unsaturated/α-hetero) is 1. The molecule has 0 saturated heterocycles. The molecule has 1 unspecified atom stereocenters. The van der Waals surface area contributed by atoms with Crippen molar-refractivity contribution < 1.29 is 14.7 Å². The van der Waals surface area contributed by atoms with E-state index in [1.165, 1.54) is 0 Å². The maximum Gasteiger partial charge on any atom is 0.139 e. The van der Waals surface area contributed by atoms with E-state index in [1.807, 2.05) is 0 Å². The van der Waals surface area contributed by atoms with Gasteiger partial charge in [-0.25, -0.2) is 0 Å². The summed E-state index contributed by atoms with van der Waals surface area (Å²) in [5, 5.41) is 11.4. The summed E-state index contributed by atoms with van der Waals surface area (Å²) in [6.45, 7) is 10.0. The third kappa shape index (κ3) is 2.73. The number of aliphatic hydroxyl groups is 1. The Kier molecular flexibility index (Phi) is 4.96. The standard InChI is InChI=1S/C23H38N2O3/c1-21(2)18(25-28-12-11-24)8-10-23(4)16-7-9-22(3)15(5-6-19(22)27)14(16)13-17(26)20(21)23/h8,14-17,20,25-26H,5-7,9-13,24H2,1-4H3/t14-,15-,16-,17-,20?,22-,23+/m0/s1. The number of hydrogen-bond acceptors (Lipinski definition) is 5. The van der Waals surface area contributed by atoms with Crippen molar-refractivity contribution in [2.75, 3.05) is 13.2 Å². The third-order valence-electron chi connectivity index (χ3n) is 9.22. The SMILES string of the molecule is CC1(C)C(NOCCN)=CC[C@@]2(C)C1[C@@H](O)C[C@@H]1[C@@H]2CC[C@]2(C)C(=O)CC[C@@H]12. The molecule has 0 amide bonds. The first kappa shape index (κ1) is 20.4. The number of carbonyl (C=O) groups excluding carboxylic acids is 1. The van der Waals surface area contributed by atoms with Gasteiger partial charge in [0.05, 0.1) is 12.7 Å². The molecule has 0 aromatic carbocycles. The molecule has 5 nitrogen and oxygen atoms in total. The largest absolute Gasteiger partial charge is 0.393 e. The number of rotatable bonds is 4. The van der Waals surface area contributed by atoms with Gasteiger partial charge in [-0.1, -0.05) is 33.8 Å². The molecule has 5 heteroatoms. The summed E-state index contributed by atoms with van der Waals surface area (Å²) in [5.74, 6) is 2.13. The lowest BCUT2D eigenvalue weighted by atomic mass is 9.42. The van der Waals surface area contributed by atoms with Gasteiger partial charge in [0.2, 0.25) is 0 Å². The van der Waals surface area contributed by atoms with E-state index in [0.29, 0.717) is 36.7 Å². The Bertz CT molecular complexity index is 675. The fraction of sp³-hybridized carbons (Fsp3) is 0.870. The van der Waals surface area contributed by atoms with Gasteiger partial charge in [-0.15, -0.1) is 0 Å². The van der Waals surface area contributed by atoms with Gasteiger partial charge in [-0.05, 0) is 55.3 Å². The molecule has 28 heavy (non-hydrogen) atoms. The minimum absolute atomic E-state index is 0.0534. The fourth-order valence-electron chi connectivity index (χ4n) is 7.99. The maximum atomic E-state index is 12.6. The van der Waals surface area contributed by atoms with Crippen LogP contribution in [0.2, 0.25) is 0 Å². The number of aliphatic hydroxyl groups excluding tert-OH is 1. The number of carbonyl (C=O) groups is 1. The summed E-state index contributed by atoms with van der Waals surface area (Å²) in [7, 11) is 0. The molecule has 0 aliphatic heterocycles. The van der Waals surface area contributed by atoms with Gasteiger partial charge in [0.25, 0.3) is 0 Å². The predicted molar refractivity (Wildman–Crippen MR) is 109 cm³/mol. The molecule has 0 heterocycles. The molecule has 3 fully saturated rings. The van der Waals surface area contributed by atoms with Crippen LogP contribution >= 0.6 is 0 Å². The Morgan fingerprint density at radius 3 is 2.71 bits per heavy atom. The second-order valence-corrected chi connectivity index (χ2v) is 10.9. The van der Waals surface area contributed by atoms with Crippen LogP contribution in [-0.4, -0.2) is 30.1 Å². The molecule has 3 saturated carbocycles. The lowest BCUT2D eigenvalue weighted by Crippen LogP contribution is -2.61. The van der Waals surface area contributed by atoms with Crippen molar-refractivity contribution >= 4 is 5.78 Å². The van der Waals surface area contributed by atoms with Crippen LogP contribution in [0.25, 0.3) is 0 Å². The molecule has 0 bridgehead atoms. The van der Waals surface area contributed by atoms with Crippen LogP contribution in [0, 0.1) is 39.9 Å². The van der Waals surface area contributed by atoms with Crippen molar-refractivity contribution in [1.29, 1.82) is 0 Å². The molecule has 0 aromatic rings. The van der Waals surface area contributed by atoms with E-state index in [2.05, 4.69) is 39.3 Å². The van der Waals surface area contributed by atoms with Crippen molar-refractivity contribution in [2.24, 2.45) is 45.7 Å². The average molecular weight is 391 g/mol. The number of hydroxylamine groups is 1. The molecular formula is C23H38N2O3. The number of nitrogens with one attached hydrogen (secondary N) is 1. The molecule has 0 spiro atoms. The summed E-state index contributed by atoms with van der Waals surface area (Å²) in [4.78, 5) is 18.1. The molecular weight excluding hydrogens is 352 g/mol. The summed E-state index contributed by atoms with van der Waals surface area (Å²) < 4.78 is 0. The first-order valence-corrected chi connectivity index (χ1v) is 11.2. The number of allylic oxidation sites excluding steroid dienone is 2. The van der Waals surface area contributed by atoms with Crippen molar-refractivity contribution in [2.45, 2.75) is 72.3 Å². The molecule has 4 aliphatic rings. The van der Waals surface area contributed by atoms with E-state index in [0.717, 1.165) is 44.2 Å². The second kappa shape index (κ2) is 6.82. The Labute approximate surface area is 169 Å². The third-order valence-corrected chi connectivity index (χ3v) is 9.22.